The average molecular weight is 510 g/mol. The van der Waals surface area contributed by atoms with Gasteiger partial charge in [0, 0.05) is 0 Å². The molecule has 0 aliphatic rings. The minimum Gasteiger partial charge on any atom is -0.497 e. The number of carbonyl (C=O) groups is 1. The second kappa shape index (κ2) is 12.4. The summed E-state index contributed by atoms with van der Waals surface area (Å²) in [7, 11) is -1.00. The minimum absolute atomic E-state index is 0.0583. The van der Waals surface area contributed by atoms with Crippen LogP contribution in [0.2, 0.25) is 0 Å². The predicted octanol–water partition coefficient (Wildman–Crippen LogP) is 3.61. The number of anilines is 1. The average Bonchev–Trinajstić information content (AvgIpc) is 2.91. The second-order valence-corrected chi connectivity index (χ2v) is 9.19. The maximum atomic E-state index is 13.3. The first-order valence-electron chi connectivity index (χ1n) is 10.8. The van der Waals surface area contributed by atoms with Crippen LogP contribution in [0, 0.1) is 0 Å². The summed E-state index contributed by atoms with van der Waals surface area (Å²) in [4.78, 5) is 12.8. The van der Waals surface area contributed by atoms with Gasteiger partial charge < -0.3 is 14.2 Å². The molecule has 0 heterocycles. The lowest BCUT2D eigenvalue weighted by Crippen LogP contribution is -2.39. The summed E-state index contributed by atoms with van der Waals surface area (Å²) in [5.74, 6) is 0.965. The van der Waals surface area contributed by atoms with Gasteiger partial charge >= 0.3 is 0 Å². The third-order valence-corrected chi connectivity index (χ3v) is 6.71. The maximum Gasteiger partial charge on any atom is 0.264 e. The van der Waals surface area contributed by atoms with Crippen LogP contribution in [0.5, 0.6) is 17.2 Å². The number of rotatable bonds is 12. The Balaban J connectivity index is 1.77. The van der Waals surface area contributed by atoms with Crippen molar-refractivity contribution < 1.29 is 27.4 Å². The van der Waals surface area contributed by atoms with E-state index < -0.39 is 22.5 Å². The molecule has 36 heavy (non-hydrogen) atoms. The molecule has 1 amide bonds. The first-order chi connectivity index (χ1) is 17.4. The lowest BCUT2D eigenvalue weighted by molar-refractivity contribution is -0.119. The largest absolute Gasteiger partial charge is 0.497 e. The van der Waals surface area contributed by atoms with Crippen molar-refractivity contribution in [2.45, 2.75) is 4.90 Å². The number of nitrogens with zero attached hydrogens (tertiary/aromatic N) is 2. The number of hydrogen-bond acceptors (Lipinski definition) is 7. The van der Waals surface area contributed by atoms with Gasteiger partial charge in [0.1, 0.15) is 18.9 Å². The number of ether oxygens (including phenoxy) is 3. The molecule has 0 radical (unpaired) electrons. The number of carbonyl (C=O) groups excluding carboxylic acids is 1. The van der Waals surface area contributed by atoms with E-state index in [1.165, 1.54) is 32.6 Å². The molecule has 10 heteroatoms. The molecule has 0 atom stereocenters. The van der Waals surface area contributed by atoms with E-state index in [0.717, 1.165) is 4.31 Å². The Morgan fingerprint density at radius 3 is 2.36 bits per heavy atom. The van der Waals surface area contributed by atoms with Gasteiger partial charge in [-0.05, 0) is 60.2 Å². The Labute approximate surface area is 210 Å². The zero-order valence-corrected chi connectivity index (χ0v) is 20.8. The van der Waals surface area contributed by atoms with Crippen molar-refractivity contribution >= 4 is 27.8 Å². The monoisotopic (exact) mass is 509 g/mol. The Kier molecular flexibility index (Phi) is 9.07. The van der Waals surface area contributed by atoms with Crippen molar-refractivity contribution in [3.8, 4) is 17.2 Å². The van der Waals surface area contributed by atoms with E-state index in [4.69, 9.17) is 14.2 Å². The number of sulfonamides is 1. The molecular formula is C26H27N3O6S. The highest BCUT2D eigenvalue weighted by atomic mass is 32.2. The number of amides is 1. The SMILES string of the molecule is C=CCOc1ccc(/C=N/NC(=O)CN(c2ccc(OC)cc2)S(=O)(=O)c2ccccc2)cc1OC. The second-order valence-electron chi connectivity index (χ2n) is 7.33. The Hall–Kier alpha value is -4.31. The maximum absolute atomic E-state index is 13.3. The first-order valence-corrected chi connectivity index (χ1v) is 12.3. The quantitative estimate of drug-likeness (QED) is 0.227. The van der Waals surface area contributed by atoms with E-state index in [9.17, 15) is 13.2 Å². The smallest absolute Gasteiger partial charge is 0.264 e. The van der Waals surface area contributed by atoms with Gasteiger partial charge in [0.15, 0.2) is 11.5 Å². The molecule has 0 fully saturated rings. The van der Waals surface area contributed by atoms with Crippen LogP contribution in [0.4, 0.5) is 5.69 Å². The fraction of sp³-hybridized carbons (Fsp3) is 0.154. The van der Waals surface area contributed by atoms with Gasteiger partial charge in [-0.2, -0.15) is 5.10 Å². The van der Waals surface area contributed by atoms with Crippen LogP contribution < -0.4 is 23.9 Å². The van der Waals surface area contributed by atoms with Crippen LogP contribution in [0.25, 0.3) is 0 Å². The van der Waals surface area contributed by atoms with E-state index in [2.05, 4.69) is 17.1 Å². The fourth-order valence-electron chi connectivity index (χ4n) is 3.16. The summed E-state index contributed by atoms with van der Waals surface area (Å²) in [6, 6.07) is 19.4. The number of hydrogen-bond donors (Lipinski definition) is 1. The molecule has 0 saturated carbocycles. The van der Waals surface area contributed by atoms with Crippen LogP contribution in [0.1, 0.15) is 5.56 Å². The van der Waals surface area contributed by atoms with Crippen LogP contribution in [-0.4, -0.2) is 47.9 Å². The molecule has 3 aromatic carbocycles. The molecule has 0 aliphatic carbocycles. The third kappa shape index (κ3) is 6.63. The Bertz CT molecular complexity index is 1310. The van der Waals surface area contributed by atoms with Gasteiger partial charge in [-0.15, -0.1) is 0 Å². The fourth-order valence-corrected chi connectivity index (χ4v) is 4.60. The van der Waals surface area contributed by atoms with Crippen molar-refractivity contribution in [2.75, 3.05) is 31.7 Å². The number of benzene rings is 3. The van der Waals surface area contributed by atoms with E-state index in [1.54, 1.807) is 66.7 Å². The van der Waals surface area contributed by atoms with E-state index >= 15 is 0 Å². The molecule has 0 aromatic heterocycles. The van der Waals surface area contributed by atoms with Crippen molar-refractivity contribution in [3.05, 3.63) is 91.0 Å². The highest BCUT2D eigenvalue weighted by Crippen LogP contribution is 2.28. The van der Waals surface area contributed by atoms with Crippen molar-refractivity contribution in [3.63, 3.8) is 0 Å². The molecule has 0 spiro atoms. The molecule has 188 valence electrons. The topological polar surface area (TPSA) is 107 Å². The van der Waals surface area contributed by atoms with Crippen LogP contribution >= 0.6 is 0 Å². The zero-order valence-electron chi connectivity index (χ0n) is 20.0. The van der Waals surface area contributed by atoms with Gasteiger partial charge in [-0.1, -0.05) is 30.9 Å². The van der Waals surface area contributed by atoms with Gasteiger partial charge in [0.2, 0.25) is 0 Å². The van der Waals surface area contributed by atoms with Crippen LogP contribution in [-0.2, 0) is 14.8 Å². The Morgan fingerprint density at radius 1 is 1.00 bits per heavy atom. The first kappa shape index (κ1) is 26.3. The van der Waals surface area contributed by atoms with Crippen molar-refractivity contribution in [1.82, 2.24) is 5.43 Å². The summed E-state index contributed by atoms with van der Waals surface area (Å²) in [6.45, 7) is 3.45. The van der Waals surface area contributed by atoms with E-state index in [1.807, 2.05) is 0 Å². The summed E-state index contributed by atoms with van der Waals surface area (Å²) in [6.07, 6.45) is 3.04. The molecule has 3 aromatic rings. The molecule has 0 aliphatic heterocycles. The van der Waals surface area contributed by atoms with Gasteiger partial charge in [-0.3, -0.25) is 9.10 Å². The molecule has 0 bridgehead atoms. The molecule has 0 saturated heterocycles. The summed E-state index contributed by atoms with van der Waals surface area (Å²) >= 11 is 0. The van der Waals surface area contributed by atoms with Gasteiger partial charge in [0.05, 0.1) is 31.0 Å². The van der Waals surface area contributed by atoms with Crippen molar-refractivity contribution in [1.29, 1.82) is 0 Å². The molecule has 3 rings (SSSR count). The van der Waals surface area contributed by atoms with Gasteiger partial charge in [0.25, 0.3) is 15.9 Å². The third-order valence-electron chi connectivity index (χ3n) is 4.93. The summed E-state index contributed by atoms with van der Waals surface area (Å²) in [5.41, 5.74) is 3.32. The van der Waals surface area contributed by atoms with Gasteiger partial charge in [-0.25, -0.2) is 13.8 Å². The number of nitrogens with one attached hydrogen (secondary N) is 1. The normalized spacial score (nSPS) is 11.1. The highest BCUT2D eigenvalue weighted by Gasteiger charge is 2.27. The predicted molar refractivity (Wildman–Crippen MR) is 138 cm³/mol. The van der Waals surface area contributed by atoms with Crippen molar-refractivity contribution in [2.24, 2.45) is 5.10 Å². The molecule has 0 unspecified atom stereocenters. The summed E-state index contributed by atoms with van der Waals surface area (Å²) in [5, 5.41) is 3.96. The lowest BCUT2D eigenvalue weighted by atomic mass is 10.2. The number of hydrazone groups is 1. The summed E-state index contributed by atoms with van der Waals surface area (Å²) < 4.78 is 43.7. The number of methoxy groups -OCH3 is 2. The highest BCUT2D eigenvalue weighted by molar-refractivity contribution is 7.92. The Morgan fingerprint density at radius 2 is 1.72 bits per heavy atom. The lowest BCUT2D eigenvalue weighted by Gasteiger charge is -2.23. The standard InChI is InChI=1S/C26H27N3O6S/c1-4-16-35-24-15-10-20(17-25(24)34-3)18-27-28-26(30)19-29(21-11-13-22(33-2)14-12-21)36(31,32)23-8-6-5-7-9-23/h4-15,17-18H,1,16,19H2,2-3H3,(H,28,30)/b27-18+. The van der Waals surface area contributed by atoms with Crippen LogP contribution in [0.15, 0.2) is 95.4 Å². The zero-order chi connectivity index (χ0) is 26.0. The molecule has 9 nitrogen and oxygen atoms in total. The van der Waals surface area contributed by atoms with E-state index in [0.29, 0.717) is 35.1 Å². The van der Waals surface area contributed by atoms with E-state index in [-0.39, 0.29) is 4.90 Å². The molecule has 1 N–H and O–H groups in total. The minimum atomic E-state index is -4.03. The molecular weight excluding hydrogens is 482 g/mol. The van der Waals surface area contributed by atoms with Crippen LogP contribution in [0.3, 0.4) is 0 Å².